The summed E-state index contributed by atoms with van der Waals surface area (Å²) < 4.78 is 0. The lowest BCUT2D eigenvalue weighted by atomic mass is 10.0. The number of pyridine rings is 2. The first kappa shape index (κ1) is 16.7. The van der Waals surface area contributed by atoms with Crippen LogP contribution in [0.25, 0.3) is 11.0 Å². The molecule has 6 heteroatoms. The number of piperidine rings is 1. The van der Waals surface area contributed by atoms with Gasteiger partial charge in [0.1, 0.15) is 5.65 Å². The predicted molar refractivity (Wildman–Crippen MR) is 100 cm³/mol. The number of hydrogen-bond acceptors (Lipinski definition) is 4. The van der Waals surface area contributed by atoms with Crippen LogP contribution in [0.2, 0.25) is 0 Å². The average molecular weight is 349 g/mol. The van der Waals surface area contributed by atoms with Gasteiger partial charge >= 0.3 is 0 Å². The smallest absolute Gasteiger partial charge is 0.224 e. The molecule has 26 heavy (non-hydrogen) atoms. The van der Waals surface area contributed by atoms with Gasteiger partial charge in [-0.3, -0.25) is 14.7 Å². The molecule has 6 nitrogen and oxygen atoms in total. The predicted octanol–water partition coefficient (Wildman–Crippen LogP) is 2.28. The third-order valence-corrected chi connectivity index (χ3v) is 4.97. The fourth-order valence-electron chi connectivity index (χ4n) is 3.60. The molecule has 4 rings (SSSR count). The molecule has 1 fully saturated rings. The van der Waals surface area contributed by atoms with Crippen molar-refractivity contribution >= 4 is 16.9 Å². The molecule has 4 heterocycles. The summed E-state index contributed by atoms with van der Waals surface area (Å²) in [5.74, 6) is 0.0838. The lowest BCUT2D eigenvalue weighted by Crippen LogP contribution is -2.44. The summed E-state index contributed by atoms with van der Waals surface area (Å²) in [6, 6.07) is 8.24. The zero-order valence-electron chi connectivity index (χ0n) is 14.7. The van der Waals surface area contributed by atoms with E-state index < -0.39 is 0 Å². The van der Waals surface area contributed by atoms with Crippen molar-refractivity contribution in [2.75, 3.05) is 13.1 Å². The Kier molecular flexibility index (Phi) is 4.93. The SMILES string of the molecule is O=C(Cc1c[nH]c2ncccc12)NC1CCN(Cc2cccnc2)CC1. The van der Waals surface area contributed by atoms with Crippen LogP contribution < -0.4 is 5.32 Å². The molecule has 134 valence electrons. The Morgan fingerprint density at radius 3 is 2.88 bits per heavy atom. The summed E-state index contributed by atoms with van der Waals surface area (Å²) in [5, 5.41) is 4.22. The van der Waals surface area contributed by atoms with Gasteiger partial charge in [-0.2, -0.15) is 0 Å². The lowest BCUT2D eigenvalue weighted by molar-refractivity contribution is -0.121. The van der Waals surface area contributed by atoms with Gasteiger partial charge < -0.3 is 10.3 Å². The standard InChI is InChI=1S/C20H23N5O/c26-19(11-16-13-23-20-18(16)4-2-8-22-20)24-17-5-9-25(10-6-17)14-15-3-1-7-21-12-15/h1-4,7-8,12-13,17H,5-6,9-11,14H2,(H,22,23)(H,24,26). The molecular weight excluding hydrogens is 326 g/mol. The van der Waals surface area contributed by atoms with Gasteiger partial charge in [0.25, 0.3) is 0 Å². The van der Waals surface area contributed by atoms with Crippen molar-refractivity contribution in [2.24, 2.45) is 0 Å². The number of nitrogens with one attached hydrogen (secondary N) is 2. The van der Waals surface area contributed by atoms with E-state index in [1.807, 2.05) is 30.6 Å². The fraction of sp³-hybridized carbons (Fsp3) is 0.350. The fourth-order valence-corrected chi connectivity index (χ4v) is 3.60. The van der Waals surface area contributed by atoms with E-state index in [1.165, 1.54) is 5.56 Å². The van der Waals surface area contributed by atoms with Crippen molar-refractivity contribution in [3.05, 3.63) is 60.2 Å². The maximum atomic E-state index is 12.4. The minimum absolute atomic E-state index is 0.0838. The third-order valence-electron chi connectivity index (χ3n) is 4.97. The van der Waals surface area contributed by atoms with Crippen molar-refractivity contribution in [1.82, 2.24) is 25.2 Å². The number of carbonyl (C=O) groups is 1. The van der Waals surface area contributed by atoms with E-state index in [4.69, 9.17) is 0 Å². The number of carbonyl (C=O) groups excluding carboxylic acids is 1. The van der Waals surface area contributed by atoms with E-state index in [-0.39, 0.29) is 11.9 Å². The Morgan fingerprint density at radius 1 is 1.23 bits per heavy atom. The first-order valence-corrected chi connectivity index (χ1v) is 9.09. The van der Waals surface area contributed by atoms with Crippen LogP contribution in [-0.2, 0) is 17.8 Å². The molecule has 0 aromatic carbocycles. The Hall–Kier alpha value is -2.73. The zero-order chi connectivity index (χ0) is 17.8. The molecule has 2 N–H and O–H groups in total. The highest BCUT2D eigenvalue weighted by molar-refractivity contribution is 5.87. The van der Waals surface area contributed by atoms with Crippen molar-refractivity contribution < 1.29 is 4.79 Å². The second-order valence-electron chi connectivity index (χ2n) is 6.87. The van der Waals surface area contributed by atoms with Crippen LogP contribution in [0.1, 0.15) is 24.0 Å². The van der Waals surface area contributed by atoms with Gasteiger partial charge in [0.15, 0.2) is 0 Å². The summed E-state index contributed by atoms with van der Waals surface area (Å²) in [6.45, 7) is 2.92. The number of likely N-dealkylation sites (tertiary alicyclic amines) is 1. The van der Waals surface area contributed by atoms with Gasteiger partial charge in [-0.1, -0.05) is 6.07 Å². The molecule has 1 aliphatic heterocycles. The number of aromatic nitrogens is 3. The van der Waals surface area contributed by atoms with Crippen molar-refractivity contribution in [2.45, 2.75) is 31.8 Å². The molecule has 0 saturated carbocycles. The number of amides is 1. The van der Waals surface area contributed by atoms with Crippen LogP contribution in [0.15, 0.2) is 49.1 Å². The molecule has 0 bridgehead atoms. The van der Waals surface area contributed by atoms with Gasteiger partial charge in [-0.25, -0.2) is 4.98 Å². The molecule has 3 aromatic rings. The third kappa shape index (κ3) is 3.91. The largest absolute Gasteiger partial charge is 0.353 e. The summed E-state index contributed by atoms with van der Waals surface area (Å²) in [7, 11) is 0. The van der Waals surface area contributed by atoms with Gasteiger partial charge in [-0.05, 0) is 42.2 Å². The van der Waals surface area contributed by atoms with E-state index in [0.717, 1.165) is 49.1 Å². The van der Waals surface area contributed by atoms with E-state index in [9.17, 15) is 4.79 Å². The summed E-state index contributed by atoms with van der Waals surface area (Å²) in [5.41, 5.74) is 3.07. The number of H-pyrrole nitrogens is 1. The molecule has 0 atom stereocenters. The second-order valence-corrected chi connectivity index (χ2v) is 6.87. The molecule has 3 aromatic heterocycles. The number of aromatic amines is 1. The number of nitrogens with zero attached hydrogens (tertiary/aromatic N) is 3. The van der Waals surface area contributed by atoms with Gasteiger partial charge in [0.2, 0.25) is 5.91 Å². The van der Waals surface area contributed by atoms with Crippen LogP contribution >= 0.6 is 0 Å². The number of rotatable bonds is 5. The van der Waals surface area contributed by atoms with E-state index in [1.54, 1.807) is 12.4 Å². The Balaban J connectivity index is 1.27. The highest BCUT2D eigenvalue weighted by Gasteiger charge is 2.21. The molecule has 1 saturated heterocycles. The highest BCUT2D eigenvalue weighted by Crippen LogP contribution is 2.17. The quantitative estimate of drug-likeness (QED) is 0.741. The van der Waals surface area contributed by atoms with Gasteiger partial charge in [0.05, 0.1) is 6.42 Å². The maximum Gasteiger partial charge on any atom is 0.224 e. The van der Waals surface area contributed by atoms with E-state index >= 15 is 0 Å². The number of hydrogen-bond donors (Lipinski definition) is 2. The van der Waals surface area contributed by atoms with Crippen LogP contribution in [0, 0.1) is 0 Å². The average Bonchev–Trinajstić information content (AvgIpc) is 3.07. The summed E-state index contributed by atoms with van der Waals surface area (Å²) >= 11 is 0. The maximum absolute atomic E-state index is 12.4. The molecule has 0 unspecified atom stereocenters. The van der Waals surface area contributed by atoms with Crippen molar-refractivity contribution in [1.29, 1.82) is 0 Å². The van der Waals surface area contributed by atoms with Crippen LogP contribution in [-0.4, -0.2) is 44.9 Å². The Bertz CT molecular complexity index is 868. The topological polar surface area (TPSA) is 73.9 Å². The molecule has 1 amide bonds. The van der Waals surface area contributed by atoms with Gasteiger partial charge in [-0.15, -0.1) is 0 Å². The van der Waals surface area contributed by atoms with Crippen molar-refractivity contribution in [3.8, 4) is 0 Å². The van der Waals surface area contributed by atoms with Crippen LogP contribution in [0.3, 0.4) is 0 Å². The minimum atomic E-state index is 0.0838. The molecule has 1 aliphatic rings. The van der Waals surface area contributed by atoms with E-state index in [2.05, 4.69) is 31.2 Å². The lowest BCUT2D eigenvalue weighted by Gasteiger charge is -2.32. The summed E-state index contributed by atoms with van der Waals surface area (Å²) in [4.78, 5) is 26.4. The highest BCUT2D eigenvalue weighted by atomic mass is 16.1. The first-order chi connectivity index (χ1) is 12.8. The Labute approximate surface area is 152 Å². The number of fused-ring (bicyclic) bond motifs is 1. The monoisotopic (exact) mass is 349 g/mol. The molecular formula is C20H23N5O. The van der Waals surface area contributed by atoms with Crippen molar-refractivity contribution in [3.63, 3.8) is 0 Å². The molecule has 0 spiro atoms. The van der Waals surface area contributed by atoms with Crippen LogP contribution in [0.5, 0.6) is 0 Å². The normalized spacial score (nSPS) is 16.0. The second kappa shape index (κ2) is 7.66. The zero-order valence-corrected chi connectivity index (χ0v) is 14.7. The minimum Gasteiger partial charge on any atom is -0.353 e. The molecule has 0 radical (unpaired) electrons. The first-order valence-electron chi connectivity index (χ1n) is 9.09. The van der Waals surface area contributed by atoms with Crippen LogP contribution in [0.4, 0.5) is 0 Å². The molecule has 0 aliphatic carbocycles. The van der Waals surface area contributed by atoms with Gasteiger partial charge in [0, 0.05) is 55.8 Å². The summed E-state index contributed by atoms with van der Waals surface area (Å²) in [6.07, 6.45) is 9.72. The van der Waals surface area contributed by atoms with E-state index in [0.29, 0.717) is 6.42 Å². The Morgan fingerprint density at radius 2 is 2.08 bits per heavy atom.